The monoisotopic (exact) mass is 256 g/mol. The summed E-state index contributed by atoms with van der Waals surface area (Å²) >= 11 is 0. The van der Waals surface area contributed by atoms with E-state index in [1.54, 1.807) is 5.57 Å². The maximum absolute atomic E-state index is 3.81. The molecule has 0 radical (unpaired) electrons. The van der Waals surface area contributed by atoms with Crippen LogP contribution in [0.4, 0.5) is 0 Å². The van der Waals surface area contributed by atoms with Gasteiger partial charge in [0.15, 0.2) is 0 Å². The van der Waals surface area contributed by atoms with Crippen LogP contribution in [0.3, 0.4) is 0 Å². The van der Waals surface area contributed by atoms with Crippen molar-refractivity contribution in [3.8, 4) is 0 Å². The van der Waals surface area contributed by atoms with Crippen LogP contribution in [-0.4, -0.2) is 8.07 Å². The van der Waals surface area contributed by atoms with Gasteiger partial charge in [0.2, 0.25) is 0 Å². The molecule has 1 aliphatic rings. The number of allylic oxidation sites excluding steroid dienone is 1. The van der Waals surface area contributed by atoms with Crippen LogP contribution in [0.25, 0.3) is 5.20 Å². The Hall–Kier alpha value is -1.04. The zero-order chi connectivity index (χ0) is 13.0. The van der Waals surface area contributed by atoms with E-state index >= 15 is 0 Å². The van der Waals surface area contributed by atoms with Gasteiger partial charge < -0.3 is 0 Å². The van der Waals surface area contributed by atoms with Gasteiger partial charge in [0.05, 0.1) is 8.07 Å². The molecule has 0 unspecified atom stereocenters. The fraction of sp³-hybridized carbons (Fsp3) is 0.471. The van der Waals surface area contributed by atoms with Gasteiger partial charge in [-0.3, -0.25) is 0 Å². The van der Waals surface area contributed by atoms with Crippen molar-refractivity contribution in [3.05, 3.63) is 47.2 Å². The Labute approximate surface area is 112 Å². The van der Waals surface area contributed by atoms with Crippen molar-refractivity contribution < 1.29 is 0 Å². The fourth-order valence-corrected chi connectivity index (χ4v) is 4.16. The maximum Gasteiger partial charge on any atom is 0.0883 e. The number of hydrogen-bond acceptors (Lipinski definition) is 0. The smallest absolute Gasteiger partial charge is 0.0883 e. The number of hydrogen-bond donors (Lipinski definition) is 0. The van der Waals surface area contributed by atoms with E-state index in [4.69, 9.17) is 0 Å². The van der Waals surface area contributed by atoms with Gasteiger partial charge in [0.1, 0.15) is 0 Å². The van der Waals surface area contributed by atoms with Crippen molar-refractivity contribution in [3.63, 3.8) is 0 Å². The summed E-state index contributed by atoms with van der Waals surface area (Å²) in [6.45, 7) is 7.27. The van der Waals surface area contributed by atoms with E-state index in [0.717, 1.165) is 0 Å². The SMILES string of the molecule is C[Si](C)(C)C(=C=C1CCCCC1)c1ccccc1. The van der Waals surface area contributed by atoms with Crippen LogP contribution in [0.5, 0.6) is 0 Å². The van der Waals surface area contributed by atoms with Crippen LogP contribution < -0.4 is 0 Å². The third-order valence-corrected chi connectivity index (χ3v) is 5.49. The van der Waals surface area contributed by atoms with E-state index in [2.05, 4.69) is 55.7 Å². The van der Waals surface area contributed by atoms with Crippen molar-refractivity contribution >= 4 is 13.3 Å². The molecular formula is C17H24Si. The summed E-state index contributed by atoms with van der Waals surface area (Å²) < 4.78 is 0. The molecule has 0 nitrogen and oxygen atoms in total. The zero-order valence-electron chi connectivity index (χ0n) is 11.9. The van der Waals surface area contributed by atoms with Crippen LogP contribution >= 0.6 is 0 Å². The third-order valence-electron chi connectivity index (χ3n) is 3.57. The van der Waals surface area contributed by atoms with Crippen LogP contribution in [0.2, 0.25) is 19.6 Å². The fourth-order valence-electron chi connectivity index (χ4n) is 2.58. The maximum atomic E-state index is 3.81. The molecule has 0 heterocycles. The highest BCUT2D eigenvalue weighted by Crippen LogP contribution is 2.28. The van der Waals surface area contributed by atoms with Gasteiger partial charge in [-0.1, -0.05) is 56.4 Å². The number of benzene rings is 1. The molecular weight excluding hydrogens is 232 g/mol. The first-order valence-corrected chi connectivity index (χ1v) is 10.6. The second-order valence-electron chi connectivity index (χ2n) is 6.28. The normalized spacial score (nSPS) is 16.3. The predicted molar refractivity (Wildman–Crippen MR) is 83.3 cm³/mol. The molecule has 0 atom stereocenters. The van der Waals surface area contributed by atoms with E-state index in [9.17, 15) is 0 Å². The van der Waals surface area contributed by atoms with Crippen molar-refractivity contribution in [1.82, 2.24) is 0 Å². The molecule has 1 aromatic rings. The summed E-state index contributed by atoms with van der Waals surface area (Å²) in [5.74, 6) is 0. The third kappa shape index (κ3) is 3.47. The highest BCUT2D eigenvalue weighted by Gasteiger charge is 2.21. The van der Waals surface area contributed by atoms with Gasteiger partial charge >= 0.3 is 0 Å². The van der Waals surface area contributed by atoms with Crippen LogP contribution in [0.15, 0.2) is 41.6 Å². The lowest BCUT2D eigenvalue weighted by Crippen LogP contribution is -2.22. The molecule has 1 aromatic carbocycles. The molecule has 0 spiro atoms. The summed E-state index contributed by atoms with van der Waals surface area (Å²) in [7, 11) is -1.33. The quantitative estimate of drug-likeness (QED) is 0.488. The molecule has 1 saturated carbocycles. The van der Waals surface area contributed by atoms with Gasteiger partial charge in [-0.05, 0) is 42.0 Å². The number of rotatable bonds is 2. The summed E-state index contributed by atoms with van der Waals surface area (Å²) in [4.78, 5) is 0. The van der Waals surface area contributed by atoms with Gasteiger partial charge in [0, 0.05) is 0 Å². The average molecular weight is 256 g/mol. The van der Waals surface area contributed by atoms with Gasteiger partial charge in [-0.25, -0.2) is 0 Å². The Morgan fingerprint density at radius 1 is 0.944 bits per heavy atom. The largest absolute Gasteiger partial charge is 0.122 e. The minimum absolute atomic E-state index is 1.26. The van der Waals surface area contributed by atoms with Gasteiger partial charge in [-0.15, -0.1) is 5.73 Å². The lowest BCUT2D eigenvalue weighted by molar-refractivity contribution is 0.600. The van der Waals surface area contributed by atoms with E-state index in [-0.39, 0.29) is 0 Å². The molecule has 1 fully saturated rings. The summed E-state index contributed by atoms with van der Waals surface area (Å²) in [6, 6.07) is 10.9. The van der Waals surface area contributed by atoms with E-state index in [1.807, 2.05) is 0 Å². The molecule has 0 aromatic heterocycles. The molecule has 0 bridgehead atoms. The minimum Gasteiger partial charge on any atom is -0.122 e. The van der Waals surface area contributed by atoms with Crippen LogP contribution in [-0.2, 0) is 0 Å². The standard InChI is InChI=1S/C17H24Si/c1-18(2,3)17(16-12-8-5-9-13-16)14-15-10-6-4-7-11-15/h5,8-9,12-13H,4,6-7,10-11H2,1-3H3. The molecule has 2 rings (SSSR count). The zero-order valence-corrected chi connectivity index (χ0v) is 12.9. The van der Waals surface area contributed by atoms with Crippen molar-refractivity contribution in [2.45, 2.75) is 51.7 Å². The first-order valence-electron chi connectivity index (χ1n) is 7.12. The van der Waals surface area contributed by atoms with Crippen LogP contribution in [0.1, 0.15) is 37.7 Å². The summed E-state index contributed by atoms with van der Waals surface area (Å²) in [5, 5.41) is 1.50. The lowest BCUT2D eigenvalue weighted by Gasteiger charge is -2.20. The second-order valence-corrected chi connectivity index (χ2v) is 11.3. The average Bonchev–Trinajstić information content (AvgIpc) is 2.37. The van der Waals surface area contributed by atoms with E-state index in [0.29, 0.717) is 0 Å². The highest BCUT2D eigenvalue weighted by atomic mass is 28.3. The summed E-state index contributed by atoms with van der Waals surface area (Å²) in [6.07, 6.45) is 6.65. The molecule has 0 N–H and O–H groups in total. The first kappa shape index (κ1) is 13.4. The van der Waals surface area contributed by atoms with Crippen molar-refractivity contribution in [2.75, 3.05) is 0 Å². The first-order chi connectivity index (χ1) is 8.57. The highest BCUT2D eigenvalue weighted by molar-refractivity contribution is 6.93. The van der Waals surface area contributed by atoms with Crippen molar-refractivity contribution in [1.29, 1.82) is 0 Å². The Morgan fingerprint density at radius 2 is 1.56 bits per heavy atom. The second kappa shape index (κ2) is 5.73. The van der Waals surface area contributed by atoms with E-state index in [1.165, 1.54) is 42.9 Å². The van der Waals surface area contributed by atoms with Crippen LogP contribution in [0, 0.1) is 0 Å². The minimum atomic E-state index is -1.33. The Kier molecular flexibility index (Phi) is 4.26. The summed E-state index contributed by atoms with van der Waals surface area (Å²) in [5.41, 5.74) is 6.75. The molecule has 0 amide bonds. The lowest BCUT2D eigenvalue weighted by atomic mass is 9.95. The molecule has 96 valence electrons. The molecule has 1 heteroatoms. The topological polar surface area (TPSA) is 0 Å². The predicted octanol–water partition coefficient (Wildman–Crippen LogP) is 5.44. The van der Waals surface area contributed by atoms with E-state index < -0.39 is 8.07 Å². The Balaban J connectivity index is 2.47. The Morgan fingerprint density at radius 3 is 2.11 bits per heavy atom. The van der Waals surface area contributed by atoms with Gasteiger partial charge in [0.25, 0.3) is 0 Å². The van der Waals surface area contributed by atoms with Gasteiger partial charge in [-0.2, -0.15) is 0 Å². The molecule has 0 saturated heterocycles. The van der Waals surface area contributed by atoms with Crippen molar-refractivity contribution in [2.24, 2.45) is 0 Å². The molecule has 18 heavy (non-hydrogen) atoms. The Bertz CT molecular complexity index is 448. The molecule has 1 aliphatic carbocycles. The molecule has 0 aliphatic heterocycles.